The molecule has 3 nitrogen and oxygen atoms in total. The van der Waals surface area contributed by atoms with E-state index < -0.39 is 23.8 Å². The Bertz CT molecular complexity index is 398. The molecular formula is C11H13ClF3NO2. The van der Waals surface area contributed by atoms with Crippen LogP contribution in [0.4, 0.5) is 13.2 Å². The Kier molecular flexibility index (Phi) is 6.14. The molecule has 0 amide bonds. The van der Waals surface area contributed by atoms with Gasteiger partial charge >= 0.3 is 11.9 Å². The summed E-state index contributed by atoms with van der Waals surface area (Å²) in [6.45, 7) is 1.25. The molecule has 1 aromatic carbocycles. The first-order valence-corrected chi connectivity index (χ1v) is 4.95. The minimum absolute atomic E-state index is 0. The maximum Gasteiger partial charge on any atom is 0.379 e. The maximum absolute atomic E-state index is 13.5. The van der Waals surface area contributed by atoms with Gasteiger partial charge in [-0.2, -0.15) is 8.78 Å². The predicted molar refractivity (Wildman–Crippen MR) is 62.2 cm³/mol. The van der Waals surface area contributed by atoms with Gasteiger partial charge in [-0.1, -0.05) is 12.1 Å². The fourth-order valence-corrected chi connectivity index (χ4v) is 1.23. The molecular weight excluding hydrogens is 271 g/mol. The molecule has 0 saturated heterocycles. The van der Waals surface area contributed by atoms with Crippen LogP contribution in [0.3, 0.4) is 0 Å². The molecule has 102 valence electrons. The number of rotatable bonds is 4. The summed E-state index contributed by atoms with van der Waals surface area (Å²) in [5, 5.41) is 0. The molecule has 0 aliphatic rings. The van der Waals surface area contributed by atoms with Crippen molar-refractivity contribution in [3.63, 3.8) is 0 Å². The molecule has 2 N–H and O–H groups in total. The number of carbonyl (C=O) groups is 1. The Balaban J connectivity index is 0.00000289. The van der Waals surface area contributed by atoms with Crippen LogP contribution in [0.15, 0.2) is 24.3 Å². The van der Waals surface area contributed by atoms with E-state index in [1.807, 2.05) is 0 Å². The van der Waals surface area contributed by atoms with Gasteiger partial charge in [-0.05, 0) is 24.6 Å². The lowest BCUT2D eigenvalue weighted by Gasteiger charge is -2.21. The number of hydrogen-bond donors (Lipinski definition) is 1. The number of nitrogens with two attached hydrogens (primary N) is 1. The first-order valence-electron chi connectivity index (χ1n) is 4.95. The summed E-state index contributed by atoms with van der Waals surface area (Å²) in [5.74, 6) is -6.09. The van der Waals surface area contributed by atoms with Crippen molar-refractivity contribution in [3.05, 3.63) is 35.6 Å². The predicted octanol–water partition coefficient (Wildman–Crippen LogP) is 2.45. The van der Waals surface area contributed by atoms with Gasteiger partial charge in [0, 0.05) is 0 Å². The zero-order valence-electron chi connectivity index (χ0n) is 9.53. The number of carbonyl (C=O) groups excluding carboxylic acids is 1. The van der Waals surface area contributed by atoms with E-state index in [1.165, 1.54) is 6.92 Å². The summed E-state index contributed by atoms with van der Waals surface area (Å²) in [4.78, 5) is 11.0. The van der Waals surface area contributed by atoms with E-state index in [-0.39, 0.29) is 24.6 Å². The number of hydrogen-bond acceptors (Lipinski definition) is 3. The molecule has 7 heteroatoms. The minimum atomic E-state index is -3.84. The Hall–Kier alpha value is -1.27. The monoisotopic (exact) mass is 283 g/mol. The zero-order chi connectivity index (χ0) is 13.1. The summed E-state index contributed by atoms with van der Waals surface area (Å²) < 4.78 is 43.8. The van der Waals surface area contributed by atoms with Crippen molar-refractivity contribution < 1.29 is 22.7 Å². The van der Waals surface area contributed by atoms with Crippen LogP contribution in [-0.4, -0.2) is 18.5 Å². The second-order valence-corrected chi connectivity index (χ2v) is 3.37. The number of esters is 1. The van der Waals surface area contributed by atoms with E-state index in [9.17, 15) is 18.0 Å². The zero-order valence-corrected chi connectivity index (χ0v) is 10.3. The van der Waals surface area contributed by atoms with Crippen molar-refractivity contribution in [1.82, 2.24) is 0 Å². The van der Waals surface area contributed by atoms with Crippen LogP contribution in [0.2, 0.25) is 0 Å². The van der Waals surface area contributed by atoms with E-state index >= 15 is 0 Å². The van der Waals surface area contributed by atoms with Crippen molar-refractivity contribution in [3.8, 4) is 0 Å². The molecule has 0 aromatic heterocycles. The van der Waals surface area contributed by atoms with E-state index in [0.29, 0.717) is 0 Å². The van der Waals surface area contributed by atoms with E-state index in [1.54, 1.807) is 0 Å². The molecule has 0 radical (unpaired) electrons. The SMILES string of the molecule is CCOC(=O)C(F)(F)[C@@H](N)c1ccc(F)cc1.Cl. The highest BCUT2D eigenvalue weighted by atomic mass is 35.5. The van der Waals surface area contributed by atoms with Crippen LogP contribution in [-0.2, 0) is 9.53 Å². The van der Waals surface area contributed by atoms with Gasteiger partial charge in [-0.15, -0.1) is 12.4 Å². The molecule has 0 fully saturated rings. The van der Waals surface area contributed by atoms with Gasteiger partial charge in [-0.25, -0.2) is 9.18 Å². The molecule has 0 saturated carbocycles. The highest BCUT2D eigenvalue weighted by Gasteiger charge is 2.47. The summed E-state index contributed by atoms with van der Waals surface area (Å²) in [6.07, 6.45) is 0. The second-order valence-electron chi connectivity index (χ2n) is 3.37. The first-order chi connectivity index (χ1) is 7.89. The highest BCUT2D eigenvalue weighted by molar-refractivity contribution is 5.85. The third-order valence-electron chi connectivity index (χ3n) is 2.17. The fraction of sp³-hybridized carbons (Fsp3) is 0.364. The van der Waals surface area contributed by atoms with E-state index in [4.69, 9.17) is 5.73 Å². The molecule has 0 heterocycles. The number of alkyl halides is 2. The van der Waals surface area contributed by atoms with Crippen LogP contribution >= 0.6 is 12.4 Å². The first kappa shape index (κ1) is 16.7. The average molecular weight is 284 g/mol. The van der Waals surface area contributed by atoms with Crippen molar-refractivity contribution in [2.24, 2.45) is 5.73 Å². The largest absolute Gasteiger partial charge is 0.462 e. The van der Waals surface area contributed by atoms with Gasteiger partial charge in [-0.3, -0.25) is 0 Å². The number of benzene rings is 1. The van der Waals surface area contributed by atoms with Crippen LogP contribution in [0.25, 0.3) is 0 Å². The van der Waals surface area contributed by atoms with Crippen LogP contribution in [0.1, 0.15) is 18.5 Å². The molecule has 0 aliphatic carbocycles. The van der Waals surface area contributed by atoms with Crippen LogP contribution in [0, 0.1) is 5.82 Å². The summed E-state index contributed by atoms with van der Waals surface area (Å²) >= 11 is 0. The topological polar surface area (TPSA) is 52.3 Å². The van der Waals surface area contributed by atoms with Gasteiger partial charge < -0.3 is 10.5 Å². The Morgan fingerprint density at radius 2 is 1.89 bits per heavy atom. The normalized spacial score (nSPS) is 12.5. The van der Waals surface area contributed by atoms with Crippen molar-refractivity contribution in [2.45, 2.75) is 18.9 Å². The summed E-state index contributed by atoms with van der Waals surface area (Å²) in [7, 11) is 0. The van der Waals surface area contributed by atoms with Gasteiger partial charge in [0.1, 0.15) is 11.9 Å². The Morgan fingerprint density at radius 1 is 1.39 bits per heavy atom. The lowest BCUT2D eigenvalue weighted by Crippen LogP contribution is -2.41. The fourth-order valence-electron chi connectivity index (χ4n) is 1.23. The van der Waals surface area contributed by atoms with Gasteiger partial charge in [0.05, 0.1) is 6.61 Å². The highest BCUT2D eigenvalue weighted by Crippen LogP contribution is 2.30. The molecule has 18 heavy (non-hydrogen) atoms. The quantitative estimate of drug-likeness (QED) is 0.864. The third kappa shape index (κ3) is 3.61. The summed E-state index contributed by atoms with van der Waals surface area (Å²) in [5.41, 5.74) is 5.24. The van der Waals surface area contributed by atoms with Gasteiger partial charge in [0.25, 0.3) is 0 Å². The van der Waals surface area contributed by atoms with Crippen molar-refractivity contribution in [1.29, 1.82) is 0 Å². The lowest BCUT2D eigenvalue weighted by molar-refractivity contribution is -0.174. The molecule has 0 unspecified atom stereocenters. The molecule has 0 spiro atoms. The standard InChI is InChI=1S/C11H12F3NO2.ClH/c1-2-17-10(16)11(13,14)9(15)7-3-5-8(12)6-4-7;/h3-6,9H,2,15H2,1H3;1H/t9-;/m0./s1. The molecule has 0 aliphatic heterocycles. The summed E-state index contributed by atoms with van der Waals surface area (Å²) in [6, 6.07) is 2.34. The lowest BCUT2D eigenvalue weighted by atomic mass is 10.0. The number of halogens is 4. The average Bonchev–Trinajstić information content (AvgIpc) is 2.29. The Morgan fingerprint density at radius 3 is 2.33 bits per heavy atom. The number of ether oxygens (including phenoxy) is 1. The smallest absolute Gasteiger partial charge is 0.379 e. The molecule has 1 rings (SSSR count). The van der Waals surface area contributed by atoms with Crippen molar-refractivity contribution >= 4 is 18.4 Å². The maximum atomic E-state index is 13.5. The molecule has 1 atom stereocenters. The third-order valence-corrected chi connectivity index (χ3v) is 2.17. The molecule has 0 bridgehead atoms. The van der Waals surface area contributed by atoms with Crippen LogP contribution in [0.5, 0.6) is 0 Å². The van der Waals surface area contributed by atoms with Gasteiger partial charge in [0.2, 0.25) is 0 Å². The minimum Gasteiger partial charge on any atom is -0.462 e. The van der Waals surface area contributed by atoms with Crippen molar-refractivity contribution in [2.75, 3.05) is 6.61 Å². The van der Waals surface area contributed by atoms with Gasteiger partial charge in [0.15, 0.2) is 0 Å². The second kappa shape index (κ2) is 6.61. The van der Waals surface area contributed by atoms with Crippen LogP contribution < -0.4 is 5.73 Å². The molecule has 1 aromatic rings. The van der Waals surface area contributed by atoms with E-state index in [2.05, 4.69) is 4.74 Å². The van der Waals surface area contributed by atoms with E-state index in [0.717, 1.165) is 24.3 Å². The Labute approximate surface area is 109 Å².